The number of rotatable bonds is 6. The number of hydrogen-bond acceptors (Lipinski definition) is 2. The molecular weight excluding hydrogens is 214 g/mol. The van der Waals surface area contributed by atoms with Gasteiger partial charge in [-0.2, -0.15) is 0 Å². The number of aryl methyl sites for hydroxylation is 1. The molecule has 0 saturated carbocycles. The van der Waals surface area contributed by atoms with Crippen molar-refractivity contribution in [3.63, 3.8) is 0 Å². The van der Waals surface area contributed by atoms with Crippen LogP contribution in [0, 0.1) is 6.92 Å². The predicted molar refractivity (Wildman–Crippen MR) is 69.0 cm³/mol. The van der Waals surface area contributed by atoms with Gasteiger partial charge in [-0.1, -0.05) is 17.7 Å². The van der Waals surface area contributed by atoms with E-state index in [9.17, 15) is 9.59 Å². The van der Waals surface area contributed by atoms with Gasteiger partial charge in [0.25, 0.3) is 0 Å². The van der Waals surface area contributed by atoms with E-state index in [-0.39, 0.29) is 11.7 Å². The summed E-state index contributed by atoms with van der Waals surface area (Å²) in [6.45, 7) is 3.58. The SMILES string of the molecule is CC(=O)CCCCC(=O)Nc1ccc(C)cc1. The zero-order valence-corrected chi connectivity index (χ0v) is 10.5. The van der Waals surface area contributed by atoms with Gasteiger partial charge in [-0.3, -0.25) is 4.79 Å². The zero-order chi connectivity index (χ0) is 12.7. The van der Waals surface area contributed by atoms with Crippen LogP contribution in [0.3, 0.4) is 0 Å². The number of anilines is 1. The minimum absolute atomic E-state index is 0.0115. The van der Waals surface area contributed by atoms with E-state index in [1.807, 2.05) is 31.2 Å². The molecule has 0 atom stereocenters. The molecule has 0 spiro atoms. The van der Waals surface area contributed by atoms with Gasteiger partial charge in [-0.15, -0.1) is 0 Å². The molecule has 1 aromatic carbocycles. The second-order valence-corrected chi connectivity index (χ2v) is 4.32. The summed E-state index contributed by atoms with van der Waals surface area (Å²) in [5, 5.41) is 2.83. The number of benzene rings is 1. The Labute approximate surface area is 102 Å². The molecule has 0 aliphatic carbocycles. The second-order valence-electron chi connectivity index (χ2n) is 4.32. The summed E-state index contributed by atoms with van der Waals surface area (Å²) in [7, 11) is 0. The predicted octanol–water partition coefficient (Wildman–Crippen LogP) is 3.08. The molecule has 0 heterocycles. The molecule has 1 aromatic rings. The number of hydrogen-bond donors (Lipinski definition) is 1. The molecule has 3 heteroatoms. The van der Waals surface area contributed by atoms with E-state index in [0.29, 0.717) is 12.8 Å². The molecule has 0 bridgehead atoms. The summed E-state index contributed by atoms with van der Waals surface area (Å²) < 4.78 is 0. The summed E-state index contributed by atoms with van der Waals surface area (Å²) in [4.78, 5) is 22.3. The van der Waals surface area contributed by atoms with Crippen molar-refractivity contribution in [2.45, 2.75) is 39.5 Å². The maximum atomic E-state index is 11.5. The van der Waals surface area contributed by atoms with Gasteiger partial charge in [0.2, 0.25) is 5.91 Å². The highest BCUT2D eigenvalue weighted by Crippen LogP contribution is 2.10. The highest BCUT2D eigenvalue weighted by atomic mass is 16.1. The molecule has 3 nitrogen and oxygen atoms in total. The fraction of sp³-hybridized carbons (Fsp3) is 0.429. The van der Waals surface area contributed by atoms with Crippen molar-refractivity contribution >= 4 is 17.4 Å². The summed E-state index contributed by atoms with van der Waals surface area (Å²) in [6.07, 6.45) is 2.59. The molecule has 0 radical (unpaired) electrons. The van der Waals surface area contributed by atoms with Crippen molar-refractivity contribution in [1.29, 1.82) is 0 Å². The number of unbranched alkanes of at least 4 members (excludes halogenated alkanes) is 1. The minimum atomic E-state index is 0.0115. The van der Waals surface area contributed by atoms with E-state index in [0.717, 1.165) is 18.5 Å². The number of amides is 1. The third-order valence-corrected chi connectivity index (χ3v) is 2.52. The van der Waals surface area contributed by atoms with Crippen LogP contribution in [0.1, 0.15) is 38.2 Å². The molecular formula is C14H19NO2. The van der Waals surface area contributed by atoms with Crippen molar-refractivity contribution in [2.75, 3.05) is 5.32 Å². The average Bonchev–Trinajstić information content (AvgIpc) is 2.27. The molecule has 1 amide bonds. The second kappa shape index (κ2) is 6.84. The Balaban J connectivity index is 2.25. The van der Waals surface area contributed by atoms with E-state index in [4.69, 9.17) is 0 Å². The lowest BCUT2D eigenvalue weighted by Gasteiger charge is -2.05. The third-order valence-electron chi connectivity index (χ3n) is 2.52. The van der Waals surface area contributed by atoms with Crippen molar-refractivity contribution in [1.82, 2.24) is 0 Å². The molecule has 1 N–H and O–H groups in total. The fourth-order valence-electron chi connectivity index (χ4n) is 1.52. The average molecular weight is 233 g/mol. The topological polar surface area (TPSA) is 46.2 Å². The lowest BCUT2D eigenvalue weighted by atomic mass is 10.1. The van der Waals surface area contributed by atoms with Crippen molar-refractivity contribution < 1.29 is 9.59 Å². The van der Waals surface area contributed by atoms with Crippen LogP contribution in [0.5, 0.6) is 0 Å². The summed E-state index contributed by atoms with van der Waals surface area (Å²) >= 11 is 0. The van der Waals surface area contributed by atoms with Gasteiger partial charge in [0.05, 0.1) is 0 Å². The maximum Gasteiger partial charge on any atom is 0.224 e. The van der Waals surface area contributed by atoms with Crippen LogP contribution < -0.4 is 5.32 Å². The standard InChI is InChI=1S/C14H19NO2/c1-11-7-9-13(10-8-11)15-14(17)6-4-3-5-12(2)16/h7-10H,3-6H2,1-2H3,(H,15,17). The van der Waals surface area contributed by atoms with Gasteiger partial charge in [0.15, 0.2) is 0 Å². The van der Waals surface area contributed by atoms with Crippen LogP contribution in [0.25, 0.3) is 0 Å². The lowest BCUT2D eigenvalue weighted by molar-refractivity contribution is -0.118. The van der Waals surface area contributed by atoms with E-state index in [1.165, 1.54) is 5.56 Å². The molecule has 0 aromatic heterocycles. The van der Waals surface area contributed by atoms with Gasteiger partial charge in [-0.05, 0) is 38.8 Å². The molecule has 1 rings (SSSR count). The number of nitrogens with one attached hydrogen (secondary N) is 1. The molecule has 0 unspecified atom stereocenters. The largest absolute Gasteiger partial charge is 0.326 e. The normalized spacial score (nSPS) is 10.0. The van der Waals surface area contributed by atoms with Crippen LogP contribution >= 0.6 is 0 Å². The Bertz CT molecular complexity index is 382. The van der Waals surface area contributed by atoms with Gasteiger partial charge < -0.3 is 10.1 Å². The smallest absolute Gasteiger partial charge is 0.224 e. The van der Waals surface area contributed by atoms with Gasteiger partial charge in [0, 0.05) is 18.5 Å². The van der Waals surface area contributed by atoms with Crippen LogP contribution in [0.15, 0.2) is 24.3 Å². The Morgan fingerprint density at radius 3 is 2.24 bits per heavy atom. The summed E-state index contributed by atoms with van der Waals surface area (Å²) in [5.41, 5.74) is 2.00. The number of carbonyl (C=O) groups excluding carboxylic acids is 2. The monoisotopic (exact) mass is 233 g/mol. The first-order chi connectivity index (χ1) is 8.08. The number of Topliss-reactive ketones (excluding diaryl/α,β-unsaturated/α-hetero) is 1. The first-order valence-corrected chi connectivity index (χ1v) is 5.94. The Morgan fingerprint density at radius 1 is 1.06 bits per heavy atom. The Kier molecular flexibility index (Phi) is 5.40. The lowest BCUT2D eigenvalue weighted by Crippen LogP contribution is -2.11. The fourth-order valence-corrected chi connectivity index (χ4v) is 1.52. The Morgan fingerprint density at radius 2 is 1.65 bits per heavy atom. The van der Waals surface area contributed by atoms with Crippen LogP contribution in [0.4, 0.5) is 5.69 Å². The van der Waals surface area contributed by atoms with Crippen molar-refractivity contribution in [2.24, 2.45) is 0 Å². The van der Waals surface area contributed by atoms with Crippen molar-refractivity contribution in [3.8, 4) is 0 Å². The first kappa shape index (κ1) is 13.4. The van der Waals surface area contributed by atoms with Crippen LogP contribution in [-0.2, 0) is 9.59 Å². The molecule has 92 valence electrons. The number of carbonyl (C=O) groups is 2. The minimum Gasteiger partial charge on any atom is -0.326 e. The number of ketones is 1. The van der Waals surface area contributed by atoms with Gasteiger partial charge >= 0.3 is 0 Å². The molecule has 0 aliphatic heterocycles. The molecule has 0 saturated heterocycles. The summed E-state index contributed by atoms with van der Waals surface area (Å²) in [5.74, 6) is 0.196. The molecule has 17 heavy (non-hydrogen) atoms. The third kappa shape index (κ3) is 5.85. The highest BCUT2D eigenvalue weighted by molar-refractivity contribution is 5.90. The van der Waals surface area contributed by atoms with E-state index in [2.05, 4.69) is 5.32 Å². The highest BCUT2D eigenvalue weighted by Gasteiger charge is 2.02. The zero-order valence-electron chi connectivity index (χ0n) is 10.5. The van der Waals surface area contributed by atoms with Crippen molar-refractivity contribution in [3.05, 3.63) is 29.8 Å². The maximum absolute atomic E-state index is 11.5. The summed E-state index contributed by atoms with van der Waals surface area (Å²) in [6, 6.07) is 7.71. The first-order valence-electron chi connectivity index (χ1n) is 5.94. The molecule has 0 aliphatic rings. The quantitative estimate of drug-likeness (QED) is 0.767. The van der Waals surface area contributed by atoms with Crippen LogP contribution in [-0.4, -0.2) is 11.7 Å². The Hall–Kier alpha value is -1.64. The van der Waals surface area contributed by atoms with E-state index < -0.39 is 0 Å². The van der Waals surface area contributed by atoms with E-state index in [1.54, 1.807) is 6.92 Å². The molecule has 0 fully saturated rings. The van der Waals surface area contributed by atoms with Gasteiger partial charge in [0.1, 0.15) is 5.78 Å². The van der Waals surface area contributed by atoms with E-state index >= 15 is 0 Å². The van der Waals surface area contributed by atoms with Crippen LogP contribution in [0.2, 0.25) is 0 Å². The van der Waals surface area contributed by atoms with Gasteiger partial charge in [-0.25, -0.2) is 0 Å².